The quantitative estimate of drug-likeness (QED) is 0.635. The van der Waals surface area contributed by atoms with Gasteiger partial charge in [0.15, 0.2) is 23.2 Å². The second-order valence-corrected chi connectivity index (χ2v) is 7.64. The van der Waals surface area contributed by atoms with Crippen molar-refractivity contribution in [2.24, 2.45) is 0 Å². The highest BCUT2D eigenvalue weighted by atomic mass is 19.2. The topological polar surface area (TPSA) is 73.3 Å². The number of anilines is 1. The molecule has 0 amide bonds. The van der Waals surface area contributed by atoms with E-state index in [1.54, 1.807) is 24.5 Å². The molecule has 0 aliphatic carbocycles. The van der Waals surface area contributed by atoms with Crippen LogP contribution in [-0.4, -0.2) is 45.8 Å². The van der Waals surface area contributed by atoms with E-state index in [0.717, 1.165) is 17.0 Å². The minimum Gasteiger partial charge on any atom is -0.485 e. The molecular formula is C22H21F2N5O2. The maximum atomic E-state index is 14.3. The number of hydrogen-bond donors (Lipinski definition) is 0. The average Bonchev–Trinajstić information content (AvgIpc) is 3.30. The zero-order valence-corrected chi connectivity index (χ0v) is 17.0. The molecule has 160 valence electrons. The van der Waals surface area contributed by atoms with E-state index in [1.807, 2.05) is 11.8 Å². The normalized spacial score (nSPS) is 18.2. The van der Waals surface area contributed by atoms with Crippen molar-refractivity contribution >= 4 is 5.69 Å². The van der Waals surface area contributed by atoms with Crippen LogP contribution in [-0.2, 0) is 17.7 Å². The van der Waals surface area contributed by atoms with Crippen molar-refractivity contribution in [2.45, 2.75) is 32.4 Å². The summed E-state index contributed by atoms with van der Waals surface area (Å²) in [6.07, 6.45) is 4.35. The van der Waals surface area contributed by atoms with Crippen LogP contribution >= 0.6 is 0 Å². The molecule has 1 unspecified atom stereocenters. The number of halogens is 2. The fourth-order valence-electron chi connectivity index (χ4n) is 3.92. The molecule has 1 fully saturated rings. The summed E-state index contributed by atoms with van der Waals surface area (Å²) >= 11 is 0. The standard InChI is InChI=1S/C22H21F2N5O2/c1-13-16-11-29(7-3-18(16)28-22(27-13)21-25-5-2-6-26-21)14-9-17(23)20(24)19(10-14)31-15-4-8-30-12-15/h2,5-6,9-10,15H,3-4,7-8,11-12H2,1H3. The van der Waals surface area contributed by atoms with Gasteiger partial charge in [0.1, 0.15) is 6.10 Å². The first-order valence-electron chi connectivity index (χ1n) is 10.2. The Hall–Kier alpha value is -3.20. The van der Waals surface area contributed by atoms with Crippen LogP contribution in [0.3, 0.4) is 0 Å². The van der Waals surface area contributed by atoms with Crippen LogP contribution in [0.5, 0.6) is 5.75 Å². The number of rotatable bonds is 4. The van der Waals surface area contributed by atoms with Gasteiger partial charge in [-0.05, 0) is 13.0 Å². The number of nitrogens with zero attached hydrogens (tertiary/aromatic N) is 5. The third-order valence-corrected chi connectivity index (χ3v) is 5.56. The number of aryl methyl sites for hydroxylation is 1. The summed E-state index contributed by atoms with van der Waals surface area (Å²) in [5, 5.41) is 0. The number of hydrogen-bond acceptors (Lipinski definition) is 7. The lowest BCUT2D eigenvalue weighted by Gasteiger charge is -2.31. The molecular weight excluding hydrogens is 404 g/mol. The molecule has 9 heteroatoms. The Labute approximate surface area is 178 Å². The molecule has 4 heterocycles. The van der Waals surface area contributed by atoms with E-state index in [2.05, 4.69) is 19.9 Å². The number of aromatic nitrogens is 4. The van der Waals surface area contributed by atoms with Gasteiger partial charge in [-0.25, -0.2) is 24.3 Å². The Kier molecular flexibility index (Phi) is 5.19. The van der Waals surface area contributed by atoms with Crippen LogP contribution in [0.15, 0.2) is 30.6 Å². The molecule has 0 bridgehead atoms. The summed E-state index contributed by atoms with van der Waals surface area (Å²) in [6.45, 7) is 3.96. The van der Waals surface area contributed by atoms with Crippen LogP contribution in [0.25, 0.3) is 11.6 Å². The molecule has 2 aliphatic heterocycles. The Morgan fingerprint density at radius 2 is 1.97 bits per heavy atom. The highest BCUT2D eigenvalue weighted by Gasteiger charge is 2.25. The first-order chi connectivity index (χ1) is 15.1. The molecule has 0 N–H and O–H groups in total. The molecule has 31 heavy (non-hydrogen) atoms. The Balaban J connectivity index is 1.42. The van der Waals surface area contributed by atoms with E-state index < -0.39 is 11.6 Å². The Morgan fingerprint density at radius 1 is 1.13 bits per heavy atom. The van der Waals surface area contributed by atoms with Crippen molar-refractivity contribution in [3.05, 3.63) is 59.2 Å². The number of ether oxygens (including phenoxy) is 2. The second-order valence-electron chi connectivity index (χ2n) is 7.64. The van der Waals surface area contributed by atoms with E-state index in [-0.39, 0.29) is 11.9 Å². The number of benzene rings is 1. The fraction of sp³-hybridized carbons (Fsp3) is 0.364. The monoisotopic (exact) mass is 425 g/mol. The van der Waals surface area contributed by atoms with E-state index in [4.69, 9.17) is 9.47 Å². The molecule has 2 aromatic heterocycles. The number of fused-ring (bicyclic) bond motifs is 1. The SMILES string of the molecule is Cc1nc(-c2ncccn2)nc2c1CN(c1cc(F)c(F)c(OC3CCOC3)c1)CC2. The van der Waals surface area contributed by atoms with Gasteiger partial charge in [0.25, 0.3) is 0 Å². The van der Waals surface area contributed by atoms with Crippen molar-refractivity contribution in [1.29, 1.82) is 0 Å². The zero-order chi connectivity index (χ0) is 21.4. The van der Waals surface area contributed by atoms with E-state index in [1.165, 1.54) is 6.07 Å². The van der Waals surface area contributed by atoms with Gasteiger partial charge in [-0.2, -0.15) is 4.39 Å². The van der Waals surface area contributed by atoms with Gasteiger partial charge in [0.05, 0.1) is 18.9 Å². The highest BCUT2D eigenvalue weighted by molar-refractivity contribution is 5.55. The molecule has 5 rings (SSSR count). The lowest BCUT2D eigenvalue weighted by molar-refractivity contribution is 0.137. The van der Waals surface area contributed by atoms with Gasteiger partial charge < -0.3 is 14.4 Å². The van der Waals surface area contributed by atoms with Crippen molar-refractivity contribution < 1.29 is 18.3 Å². The van der Waals surface area contributed by atoms with Crippen molar-refractivity contribution in [3.8, 4) is 17.4 Å². The summed E-state index contributed by atoms with van der Waals surface area (Å²) < 4.78 is 39.6. The summed E-state index contributed by atoms with van der Waals surface area (Å²) in [4.78, 5) is 19.7. The molecule has 0 radical (unpaired) electrons. The maximum Gasteiger partial charge on any atom is 0.200 e. The van der Waals surface area contributed by atoms with Gasteiger partial charge in [-0.3, -0.25) is 0 Å². The molecule has 3 aromatic rings. The third kappa shape index (κ3) is 3.93. The Morgan fingerprint density at radius 3 is 2.74 bits per heavy atom. The lowest BCUT2D eigenvalue weighted by Crippen LogP contribution is -2.32. The molecule has 0 saturated carbocycles. The first kappa shape index (κ1) is 19.7. The predicted molar refractivity (Wildman–Crippen MR) is 109 cm³/mol. The largest absolute Gasteiger partial charge is 0.485 e. The fourth-order valence-corrected chi connectivity index (χ4v) is 3.92. The summed E-state index contributed by atoms with van der Waals surface area (Å²) in [5.74, 6) is -1.01. The van der Waals surface area contributed by atoms with Crippen LogP contribution in [0.2, 0.25) is 0 Å². The van der Waals surface area contributed by atoms with Crippen molar-refractivity contribution in [1.82, 2.24) is 19.9 Å². The van der Waals surface area contributed by atoms with E-state index in [0.29, 0.717) is 56.5 Å². The first-order valence-corrected chi connectivity index (χ1v) is 10.2. The molecule has 1 aromatic carbocycles. The molecule has 7 nitrogen and oxygen atoms in total. The molecule has 0 spiro atoms. The second kappa shape index (κ2) is 8.14. The maximum absolute atomic E-state index is 14.3. The summed E-state index contributed by atoms with van der Waals surface area (Å²) in [6, 6.07) is 4.51. The zero-order valence-electron chi connectivity index (χ0n) is 17.0. The molecule has 1 atom stereocenters. The van der Waals surface area contributed by atoms with E-state index >= 15 is 0 Å². The van der Waals surface area contributed by atoms with Crippen LogP contribution in [0.4, 0.5) is 14.5 Å². The minimum atomic E-state index is -0.972. The van der Waals surface area contributed by atoms with Gasteiger partial charge >= 0.3 is 0 Å². The third-order valence-electron chi connectivity index (χ3n) is 5.56. The van der Waals surface area contributed by atoms with E-state index in [9.17, 15) is 8.78 Å². The molecule has 2 aliphatic rings. The summed E-state index contributed by atoms with van der Waals surface area (Å²) in [7, 11) is 0. The van der Waals surface area contributed by atoms with Gasteiger partial charge in [-0.1, -0.05) is 0 Å². The predicted octanol–water partition coefficient (Wildman–Crippen LogP) is 3.25. The average molecular weight is 425 g/mol. The van der Waals surface area contributed by atoms with Gasteiger partial charge in [0.2, 0.25) is 5.82 Å². The smallest absolute Gasteiger partial charge is 0.200 e. The van der Waals surface area contributed by atoms with Gasteiger partial charge in [-0.15, -0.1) is 0 Å². The summed E-state index contributed by atoms with van der Waals surface area (Å²) in [5.41, 5.74) is 3.28. The van der Waals surface area contributed by atoms with Crippen molar-refractivity contribution in [3.63, 3.8) is 0 Å². The van der Waals surface area contributed by atoms with Crippen LogP contribution < -0.4 is 9.64 Å². The van der Waals surface area contributed by atoms with Crippen molar-refractivity contribution in [2.75, 3.05) is 24.7 Å². The minimum absolute atomic E-state index is 0.0826. The lowest BCUT2D eigenvalue weighted by atomic mass is 10.0. The van der Waals surface area contributed by atoms with Crippen LogP contribution in [0, 0.1) is 18.6 Å². The van der Waals surface area contributed by atoms with Gasteiger partial charge in [0, 0.05) is 67.4 Å². The van der Waals surface area contributed by atoms with Crippen LogP contribution in [0.1, 0.15) is 23.4 Å². The molecule has 1 saturated heterocycles. The highest BCUT2D eigenvalue weighted by Crippen LogP contribution is 2.32. The Bertz CT molecular complexity index is 1110.